The molecule has 29 heavy (non-hydrogen) atoms. The van der Waals surface area contributed by atoms with Gasteiger partial charge in [0.1, 0.15) is 5.82 Å². The van der Waals surface area contributed by atoms with E-state index >= 15 is 0 Å². The zero-order chi connectivity index (χ0) is 20.1. The minimum atomic E-state index is -0.134. The lowest BCUT2D eigenvalue weighted by molar-refractivity contribution is -0.126. The predicted molar refractivity (Wildman–Crippen MR) is 126 cm³/mol. The molecule has 0 spiro atoms. The maximum atomic E-state index is 14.0. The summed E-state index contributed by atoms with van der Waals surface area (Å²) < 4.78 is 14.0. The number of nitrogens with zero attached hydrogens (tertiary/aromatic N) is 1. The zero-order valence-corrected chi connectivity index (χ0v) is 19.9. The number of rotatable bonds is 6. The average Bonchev–Trinajstić information content (AvgIpc) is 3.41. The number of benzene rings is 1. The van der Waals surface area contributed by atoms with Crippen molar-refractivity contribution >= 4 is 35.8 Å². The first kappa shape index (κ1) is 23.9. The van der Waals surface area contributed by atoms with Crippen molar-refractivity contribution in [3.63, 3.8) is 0 Å². The Morgan fingerprint density at radius 2 is 1.97 bits per heavy atom. The molecule has 162 valence electrons. The van der Waals surface area contributed by atoms with Gasteiger partial charge in [0.05, 0.1) is 0 Å². The van der Waals surface area contributed by atoms with Crippen LogP contribution < -0.4 is 16.0 Å². The van der Waals surface area contributed by atoms with Crippen molar-refractivity contribution in [1.82, 2.24) is 16.0 Å². The van der Waals surface area contributed by atoms with Crippen LogP contribution in [-0.2, 0) is 4.79 Å². The highest BCUT2D eigenvalue weighted by molar-refractivity contribution is 14.0. The number of hydrogen-bond donors (Lipinski definition) is 3. The molecule has 3 rings (SSSR count). The molecule has 5 nitrogen and oxygen atoms in total. The second kappa shape index (κ2) is 11.1. The van der Waals surface area contributed by atoms with Gasteiger partial charge in [0, 0.05) is 36.5 Å². The second-order valence-electron chi connectivity index (χ2n) is 8.31. The Hall–Kier alpha value is -1.38. The molecule has 0 heterocycles. The van der Waals surface area contributed by atoms with E-state index in [1.807, 2.05) is 32.9 Å². The van der Waals surface area contributed by atoms with Crippen molar-refractivity contribution in [2.24, 2.45) is 10.9 Å². The maximum absolute atomic E-state index is 14.0. The van der Waals surface area contributed by atoms with Crippen molar-refractivity contribution < 1.29 is 9.18 Å². The molecule has 2 saturated carbocycles. The molecule has 0 radical (unpaired) electrons. The van der Waals surface area contributed by atoms with Gasteiger partial charge in [-0.25, -0.2) is 4.39 Å². The summed E-state index contributed by atoms with van der Waals surface area (Å²) in [7, 11) is 0. The van der Waals surface area contributed by atoms with E-state index in [0.29, 0.717) is 6.54 Å². The summed E-state index contributed by atoms with van der Waals surface area (Å²) in [6.45, 7) is 6.67. The van der Waals surface area contributed by atoms with E-state index in [9.17, 15) is 9.18 Å². The molecule has 2 aliphatic carbocycles. The highest BCUT2D eigenvalue weighted by Gasteiger charge is 2.41. The van der Waals surface area contributed by atoms with Crippen LogP contribution in [0.15, 0.2) is 29.3 Å². The third-order valence-electron chi connectivity index (χ3n) is 5.55. The molecule has 7 heteroatoms. The Labute approximate surface area is 190 Å². The van der Waals surface area contributed by atoms with Crippen LogP contribution in [0.4, 0.5) is 4.39 Å². The van der Waals surface area contributed by atoms with E-state index in [2.05, 4.69) is 20.9 Å². The summed E-state index contributed by atoms with van der Waals surface area (Å²) in [6.07, 6.45) is 4.76. The lowest BCUT2D eigenvalue weighted by Crippen LogP contribution is -2.48. The molecule has 0 aromatic heterocycles. The highest BCUT2D eigenvalue weighted by Crippen LogP contribution is 2.41. The van der Waals surface area contributed by atoms with Crippen molar-refractivity contribution in [3.05, 3.63) is 35.6 Å². The summed E-state index contributed by atoms with van der Waals surface area (Å²) in [6, 6.07) is 7.61. The Morgan fingerprint density at radius 1 is 1.21 bits per heavy atom. The molecular formula is C22H34FIN4O. The van der Waals surface area contributed by atoms with E-state index in [1.165, 1.54) is 6.07 Å². The molecule has 1 aromatic rings. The normalized spacial score (nSPS) is 26.4. The molecule has 0 aliphatic heterocycles. The molecule has 1 amide bonds. The van der Waals surface area contributed by atoms with Gasteiger partial charge in [-0.05, 0) is 58.1 Å². The van der Waals surface area contributed by atoms with Crippen LogP contribution in [-0.4, -0.2) is 36.5 Å². The zero-order valence-electron chi connectivity index (χ0n) is 17.6. The van der Waals surface area contributed by atoms with Gasteiger partial charge in [0.2, 0.25) is 5.91 Å². The van der Waals surface area contributed by atoms with Gasteiger partial charge < -0.3 is 16.0 Å². The Bertz CT molecular complexity index is 712. The van der Waals surface area contributed by atoms with E-state index in [4.69, 9.17) is 0 Å². The minimum Gasteiger partial charge on any atom is -0.354 e. The molecular weight excluding hydrogens is 482 g/mol. The average molecular weight is 516 g/mol. The first-order valence-electron chi connectivity index (χ1n) is 10.6. The lowest BCUT2D eigenvalue weighted by atomic mass is 9.85. The fourth-order valence-corrected chi connectivity index (χ4v) is 4.10. The van der Waals surface area contributed by atoms with E-state index in [0.717, 1.165) is 43.6 Å². The molecule has 0 bridgehead atoms. The topological polar surface area (TPSA) is 65.5 Å². The number of hydrogen-bond acceptors (Lipinski definition) is 2. The Morgan fingerprint density at radius 3 is 2.66 bits per heavy atom. The van der Waals surface area contributed by atoms with Crippen molar-refractivity contribution in [3.8, 4) is 0 Å². The predicted octanol–water partition coefficient (Wildman–Crippen LogP) is 3.94. The SMILES string of the molecule is CCN=C(NC1CCCC(C(=O)NC(C)C)C1)NC1CC1c1ccccc1F.I. The van der Waals surface area contributed by atoms with Crippen LogP contribution >= 0.6 is 24.0 Å². The van der Waals surface area contributed by atoms with Crippen LogP contribution in [0.25, 0.3) is 0 Å². The van der Waals surface area contributed by atoms with Gasteiger partial charge in [-0.15, -0.1) is 24.0 Å². The molecule has 3 N–H and O–H groups in total. The van der Waals surface area contributed by atoms with Crippen molar-refractivity contribution in [2.45, 2.75) is 76.9 Å². The van der Waals surface area contributed by atoms with Crippen LogP contribution in [0.1, 0.15) is 64.4 Å². The number of nitrogens with one attached hydrogen (secondary N) is 3. The second-order valence-corrected chi connectivity index (χ2v) is 8.31. The van der Waals surface area contributed by atoms with Crippen LogP contribution in [0.2, 0.25) is 0 Å². The number of amides is 1. The van der Waals surface area contributed by atoms with E-state index < -0.39 is 0 Å². The first-order valence-corrected chi connectivity index (χ1v) is 10.6. The van der Waals surface area contributed by atoms with Crippen molar-refractivity contribution in [1.29, 1.82) is 0 Å². The van der Waals surface area contributed by atoms with Crippen molar-refractivity contribution in [2.75, 3.05) is 6.54 Å². The fourth-order valence-electron chi connectivity index (χ4n) is 4.10. The van der Waals surface area contributed by atoms with Crippen LogP contribution in [0.5, 0.6) is 0 Å². The Kier molecular flexibility index (Phi) is 9.17. The highest BCUT2D eigenvalue weighted by atomic mass is 127. The number of aliphatic imine (C=N–C) groups is 1. The smallest absolute Gasteiger partial charge is 0.223 e. The van der Waals surface area contributed by atoms with E-state index in [-0.39, 0.29) is 65.7 Å². The minimum absolute atomic E-state index is 0. The quantitative estimate of drug-likeness (QED) is 0.305. The third-order valence-corrected chi connectivity index (χ3v) is 5.55. The third kappa shape index (κ3) is 6.83. The maximum Gasteiger partial charge on any atom is 0.223 e. The Balaban J connectivity index is 0.00000300. The van der Waals surface area contributed by atoms with E-state index in [1.54, 1.807) is 6.07 Å². The van der Waals surface area contributed by atoms with Gasteiger partial charge in [0.25, 0.3) is 0 Å². The summed E-state index contributed by atoms with van der Waals surface area (Å²) in [5.41, 5.74) is 0.777. The molecule has 4 atom stereocenters. The van der Waals surface area contributed by atoms with Gasteiger partial charge in [-0.2, -0.15) is 0 Å². The molecule has 2 fully saturated rings. The first-order chi connectivity index (χ1) is 13.5. The van der Waals surface area contributed by atoms with Gasteiger partial charge in [0.15, 0.2) is 5.96 Å². The summed E-state index contributed by atoms with van der Waals surface area (Å²) >= 11 is 0. The molecule has 1 aromatic carbocycles. The molecule has 4 unspecified atom stereocenters. The molecule has 0 saturated heterocycles. The summed E-state index contributed by atoms with van der Waals surface area (Å²) in [4.78, 5) is 16.9. The number of carbonyl (C=O) groups excluding carboxylic acids is 1. The van der Waals surface area contributed by atoms with Gasteiger partial charge in [-0.3, -0.25) is 9.79 Å². The number of carbonyl (C=O) groups is 1. The lowest BCUT2D eigenvalue weighted by Gasteiger charge is -2.30. The fraction of sp³-hybridized carbons (Fsp3) is 0.636. The number of halogens is 2. The van der Waals surface area contributed by atoms with Crippen LogP contribution in [0, 0.1) is 11.7 Å². The standard InChI is InChI=1S/C22H33FN4O.HI/c1-4-24-22(27-20-13-18(20)17-10-5-6-11-19(17)23)26-16-9-7-8-15(12-16)21(28)25-14(2)3;/h5-6,10-11,14-16,18,20H,4,7-9,12-13H2,1-3H3,(H,25,28)(H2,24,26,27);1H. The molecule has 2 aliphatic rings. The van der Waals surface area contributed by atoms with Crippen LogP contribution in [0.3, 0.4) is 0 Å². The monoisotopic (exact) mass is 516 g/mol. The summed E-state index contributed by atoms with van der Waals surface area (Å²) in [5, 5.41) is 10.0. The van der Waals surface area contributed by atoms with Gasteiger partial charge in [-0.1, -0.05) is 24.6 Å². The largest absolute Gasteiger partial charge is 0.354 e. The summed E-state index contributed by atoms with van der Waals surface area (Å²) in [5.74, 6) is 1.06. The number of guanidine groups is 1. The van der Waals surface area contributed by atoms with Gasteiger partial charge >= 0.3 is 0 Å².